The van der Waals surface area contributed by atoms with E-state index in [9.17, 15) is 5.11 Å². The highest BCUT2D eigenvalue weighted by Crippen LogP contribution is 2.29. The Morgan fingerprint density at radius 1 is 1.38 bits per heavy atom. The third-order valence-electron chi connectivity index (χ3n) is 2.87. The minimum atomic E-state index is -0.0475. The van der Waals surface area contributed by atoms with Gasteiger partial charge < -0.3 is 15.6 Å². The van der Waals surface area contributed by atoms with Gasteiger partial charge in [-0.15, -0.1) is 0 Å². The van der Waals surface area contributed by atoms with Gasteiger partial charge in [-0.05, 0) is 17.5 Å². The van der Waals surface area contributed by atoms with Gasteiger partial charge in [0.1, 0.15) is 5.75 Å². The van der Waals surface area contributed by atoms with Crippen molar-refractivity contribution in [1.29, 1.82) is 0 Å². The Balaban J connectivity index is 3.15. The van der Waals surface area contributed by atoms with Crippen LogP contribution >= 0.6 is 0 Å². The lowest BCUT2D eigenvalue weighted by molar-refractivity contribution is 0.264. The van der Waals surface area contributed by atoms with E-state index in [1.54, 1.807) is 7.11 Å². The molecule has 0 saturated heterocycles. The summed E-state index contributed by atoms with van der Waals surface area (Å²) in [4.78, 5) is 0. The molecule has 0 radical (unpaired) electrons. The van der Waals surface area contributed by atoms with Crippen molar-refractivity contribution in [2.45, 2.75) is 25.7 Å². The lowest BCUT2D eigenvalue weighted by Gasteiger charge is -2.18. The largest absolute Gasteiger partial charge is 0.496 e. The van der Waals surface area contributed by atoms with Crippen molar-refractivity contribution >= 4 is 0 Å². The second-order valence-electron chi connectivity index (χ2n) is 4.27. The van der Waals surface area contributed by atoms with Gasteiger partial charge in [0.25, 0.3) is 0 Å². The van der Waals surface area contributed by atoms with E-state index in [1.165, 1.54) is 5.56 Å². The highest BCUT2D eigenvalue weighted by atomic mass is 16.5. The number of hydrogen-bond donors (Lipinski definition) is 2. The van der Waals surface area contributed by atoms with Crippen molar-refractivity contribution < 1.29 is 9.84 Å². The van der Waals surface area contributed by atoms with Gasteiger partial charge in [0.05, 0.1) is 13.7 Å². The summed E-state index contributed by atoms with van der Waals surface area (Å²) in [7, 11) is 1.64. The van der Waals surface area contributed by atoms with E-state index >= 15 is 0 Å². The van der Waals surface area contributed by atoms with Gasteiger partial charge >= 0.3 is 0 Å². The lowest BCUT2D eigenvalue weighted by atomic mass is 9.93. The Morgan fingerprint density at radius 2 is 2.06 bits per heavy atom. The van der Waals surface area contributed by atoms with Crippen LogP contribution in [0.1, 0.15) is 36.8 Å². The summed E-state index contributed by atoms with van der Waals surface area (Å²) in [6.45, 7) is 4.76. The van der Waals surface area contributed by atoms with Crippen molar-refractivity contribution in [3.8, 4) is 5.75 Å². The van der Waals surface area contributed by atoms with Gasteiger partial charge in [-0.3, -0.25) is 0 Å². The molecule has 1 atom stereocenters. The van der Waals surface area contributed by atoms with Crippen LogP contribution in [-0.2, 0) is 0 Å². The fourth-order valence-electron chi connectivity index (χ4n) is 1.73. The van der Waals surface area contributed by atoms with Crippen LogP contribution in [0.5, 0.6) is 5.75 Å². The molecule has 1 unspecified atom stereocenters. The van der Waals surface area contributed by atoms with E-state index in [0.717, 1.165) is 11.3 Å². The number of hydrogen-bond acceptors (Lipinski definition) is 3. The standard InChI is InChI=1S/C13H21NO2/c1-9(2)10-4-5-13(16-3)12(6-10)11(7-14)8-15/h4-6,9,11,15H,7-8,14H2,1-3H3. The maximum atomic E-state index is 9.29. The number of aliphatic hydroxyl groups is 1. The summed E-state index contributed by atoms with van der Waals surface area (Å²) in [5.41, 5.74) is 7.89. The zero-order valence-electron chi connectivity index (χ0n) is 10.2. The first kappa shape index (κ1) is 13.0. The van der Waals surface area contributed by atoms with Crippen LogP contribution in [0.15, 0.2) is 18.2 Å². The zero-order chi connectivity index (χ0) is 12.1. The van der Waals surface area contributed by atoms with Crippen molar-refractivity contribution in [2.24, 2.45) is 5.73 Å². The number of ether oxygens (including phenoxy) is 1. The molecule has 0 bridgehead atoms. The third kappa shape index (κ3) is 2.74. The first-order valence-corrected chi connectivity index (χ1v) is 5.62. The predicted molar refractivity (Wildman–Crippen MR) is 66.0 cm³/mol. The minimum absolute atomic E-state index is 0.0475. The van der Waals surface area contributed by atoms with Crippen LogP contribution in [0.3, 0.4) is 0 Å². The van der Waals surface area contributed by atoms with E-state index in [0.29, 0.717) is 12.5 Å². The fraction of sp³-hybridized carbons (Fsp3) is 0.538. The minimum Gasteiger partial charge on any atom is -0.496 e. The van der Waals surface area contributed by atoms with Crippen LogP contribution in [0.2, 0.25) is 0 Å². The molecule has 0 aliphatic carbocycles. The lowest BCUT2D eigenvalue weighted by Crippen LogP contribution is -2.17. The van der Waals surface area contributed by atoms with E-state index in [4.69, 9.17) is 10.5 Å². The molecule has 0 heterocycles. The molecular formula is C13H21NO2. The third-order valence-corrected chi connectivity index (χ3v) is 2.87. The molecule has 3 N–H and O–H groups in total. The molecule has 0 aliphatic heterocycles. The summed E-state index contributed by atoms with van der Waals surface area (Å²) in [6.07, 6.45) is 0. The van der Waals surface area contributed by atoms with Crippen LogP contribution in [0.4, 0.5) is 0 Å². The monoisotopic (exact) mass is 223 g/mol. The molecule has 3 heteroatoms. The molecule has 0 aromatic heterocycles. The smallest absolute Gasteiger partial charge is 0.122 e. The summed E-state index contributed by atoms with van der Waals surface area (Å²) in [5.74, 6) is 1.21. The normalized spacial score (nSPS) is 12.9. The number of rotatable bonds is 5. The van der Waals surface area contributed by atoms with Crippen LogP contribution in [0, 0.1) is 0 Å². The molecule has 0 fully saturated rings. The van der Waals surface area contributed by atoms with Gasteiger partial charge in [0.2, 0.25) is 0 Å². The van der Waals surface area contributed by atoms with Gasteiger partial charge in [0.15, 0.2) is 0 Å². The number of benzene rings is 1. The molecule has 0 amide bonds. The molecule has 1 rings (SSSR count). The Morgan fingerprint density at radius 3 is 2.50 bits per heavy atom. The Hall–Kier alpha value is -1.06. The summed E-state index contributed by atoms with van der Waals surface area (Å²) in [6, 6.07) is 6.08. The molecule has 1 aromatic carbocycles. The summed E-state index contributed by atoms with van der Waals surface area (Å²) in [5, 5.41) is 9.29. The molecule has 0 aliphatic rings. The van der Waals surface area contributed by atoms with Crippen molar-refractivity contribution in [3.63, 3.8) is 0 Å². The Labute approximate surface area is 97.2 Å². The topological polar surface area (TPSA) is 55.5 Å². The van der Waals surface area contributed by atoms with Crippen LogP contribution < -0.4 is 10.5 Å². The Kier molecular flexibility index (Phi) is 4.77. The fourth-order valence-corrected chi connectivity index (χ4v) is 1.73. The number of nitrogens with two attached hydrogens (primary N) is 1. The molecule has 16 heavy (non-hydrogen) atoms. The highest BCUT2D eigenvalue weighted by molar-refractivity contribution is 5.41. The van der Waals surface area contributed by atoms with E-state index in [-0.39, 0.29) is 12.5 Å². The summed E-state index contributed by atoms with van der Waals surface area (Å²) < 4.78 is 5.30. The van der Waals surface area contributed by atoms with E-state index in [2.05, 4.69) is 26.0 Å². The average Bonchev–Trinajstić information content (AvgIpc) is 2.30. The van der Waals surface area contributed by atoms with Crippen molar-refractivity contribution in [3.05, 3.63) is 29.3 Å². The zero-order valence-corrected chi connectivity index (χ0v) is 10.2. The second-order valence-corrected chi connectivity index (χ2v) is 4.27. The molecule has 1 aromatic rings. The van der Waals surface area contributed by atoms with Gasteiger partial charge in [-0.25, -0.2) is 0 Å². The molecule has 3 nitrogen and oxygen atoms in total. The van der Waals surface area contributed by atoms with E-state index < -0.39 is 0 Å². The molecular weight excluding hydrogens is 202 g/mol. The quantitative estimate of drug-likeness (QED) is 0.801. The molecule has 0 saturated carbocycles. The average molecular weight is 223 g/mol. The van der Waals surface area contributed by atoms with Gasteiger partial charge in [-0.2, -0.15) is 0 Å². The predicted octanol–water partition coefficient (Wildman–Crippen LogP) is 1.85. The van der Waals surface area contributed by atoms with Crippen molar-refractivity contribution in [2.75, 3.05) is 20.3 Å². The molecule has 90 valence electrons. The van der Waals surface area contributed by atoms with Crippen LogP contribution in [0.25, 0.3) is 0 Å². The number of methoxy groups -OCH3 is 1. The summed E-state index contributed by atoms with van der Waals surface area (Å²) >= 11 is 0. The van der Waals surface area contributed by atoms with Crippen molar-refractivity contribution in [1.82, 2.24) is 0 Å². The SMILES string of the molecule is COc1ccc(C(C)C)cc1C(CN)CO. The van der Waals surface area contributed by atoms with Gasteiger partial charge in [0, 0.05) is 18.0 Å². The molecule has 0 spiro atoms. The second kappa shape index (κ2) is 5.87. The first-order valence-electron chi connectivity index (χ1n) is 5.62. The highest BCUT2D eigenvalue weighted by Gasteiger charge is 2.15. The van der Waals surface area contributed by atoms with Crippen LogP contribution in [-0.4, -0.2) is 25.4 Å². The first-order chi connectivity index (χ1) is 7.63. The number of aliphatic hydroxyl groups excluding tert-OH is 1. The maximum absolute atomic E-state index is 9.29. The maximum Gasteiger partial charge on any atom is 0.122 e. The van der Waals surface area contributed by atoms with E-state index in [1.807, 2.05) is 6.07 Å². The Bertz CT molecular complexity index is 333. The van der Waals surface area contributed by atoms with Gasteiger partial charge in [-0.1, -0.05) is 26.0 Å².